The number of ether oxygens (including phenoxy) is 2. The van der Waals surface area contributed by atoms with Crippen LogP contribution in [0.3, 0.4) is 0 Å². The van der Waals surface area contributed by atoms with Crippen molar-refractivity contribution in [2.24, 2.45) is 0 Å². The van der Waals surface area contributed by atoms with Gasteiger partial charge in [-0.3, -0.25) is 0 Å². The average Bonchev–Trinajstić information content (AvgIpc) is 2.26. The minimum atomic E-state index is -0.570. The van der Waals surface area contributed by atoms with Gasteiger partial charge in [0.15, 0.2) is 0 Å². The molecule has 16 heavy (non-hydrogen) atoms. The van der Waals surface area contributed by atoms with Crippen molar-refractivity contribution >= 4 is 11.7 Å². The van der Waals surface area contributed by atoms with Gasteiger partial charge in [0.05, 0.1) is 24.5 Å². The summed E-state index contributed by atoms with van der Waals surface area (Å²) in [5.41, 5.74) is 6.39. The third kappa shape index (κ3) is 3.13. The molecule has 0 saturated carbocycles. The van der Waals surface area contributed by atoms with Gasteiger partial charge < -0.3 is 20.3 Å². The molecule has 88 valence electrons. The molecule has 1 unspecified atom stereocenters. The second-order valence-electron chi connectivity index (χ2n) is 3.40. The SMILES string of the molecule is COC(=O)c1ccc(OCC(C)O)c(N)c1. The molecule has 0 aliphatic rings. The number of nitrogen functional groups attached to an aromatic ring is 1. The van der Waals surface area contributed by atoms with Crippen molar-refractivity contribution in [3.05, 3.63) is 23.8 Å². The molecule has 5 nitrogen and oxygen atoms in total. The van der Waals surface area contributed by atoms with Crippen LogP contribution < -0.4 is 10.5 Å². The number of rotatable bonds is 4. The first-order valence-electron chi connectivity index (χ1n) is 4.83. The van der Waals surface area contributed by atoms with E-state index in [1.54, 1.807) is 19.1 Å². The number of hydrogen-bond acceptors (Lipinski definition) is 5. The van der Waals surface area contributed by atoms with Crippen LogP contribution in [0.2, 0.25) is 0 Å². The number of carbonyl (C=O) groups is 1. The van der Waals surface area contributed by atoms with E-state index >= 15 is 0 Å². The molecule has 0 radical (unpaired) electrons. The average molecular weight is 225 g/mol. The summed E-state index contributed by atoms with van der Waals surface area (Å²) >= 11 is 0. The fourth-order valence-electron chi connectivity index (χ4n) is 1.14. The van der Waals surface area contributed by atoms with Gasteiger partial charge in [-0.05, 0) is 25.1 Å². The summed E-state index contributed by atoms with van der Waals surface area (Å²) in [5.74, 6) is -0.0117. The summed E-state index contributed by atoms with van der Waals surface area (Å²) in [6.45, 7) is 1.76. The van der Waals surface area contributed by atoms with Crippen LogP contribution in [-0.4, -0.2) is 30.9 Å². The van der Waals surface area contributed by atoms with Crippen LogP contribution in [0, 0.1) is 0 Å². The lowest BCUT2D eigenvalue weighted by molar-refractivity contribution is 0.0600. The number of carbonyl (C=O) groups excluding carboxylic acids is 1. The molecule has 1 rings (SSSR count). The van der Waals surface area contributed by atoms with Crippen LogP contribution in [0.4, 0.5) is 5.69 Å². The predicted molar refractivity (Wildman–Crippen MR) is 59.4 cm³/mol. The Labute approximate surface area is 93.8 Å². The third-order valence-electron chi connectivity index (χ3n) is 1.91. The van der Waals surface area contributed by atoms with E-state index in [0.29, 0.717) is 17.0 Å². The summed E-state index contributed by atoms with van der Waals surface area (Å²) in [6.07, 6.45) is -0.570. The number of aliphatic hydroxyl groups excluding tert-OH is 1. The van der Waals surface area contributed by atoms with Crippen molar-refractivity contribution in [3.63, 3.8) is 0 Å². The highest BCUT2D eigenvalue weighted by atomic mass is 16.5. The molecule has 0 saturated heterocycles. The number of hydrogen-bond donors (Lipinski definition) is 2. The molecule has 0 fully saturated rings. The second-order valence-corrected chi connectivity index (χ2v) is 3.40. The van der Waals surface area contributed by atoms with Gasteiger partial charge in [0.1, 0.15) is 12.4 Å². The molecule has 0 spiro atoms. The molecule has 1 aromatic carbocycles. The predicted octanol–water partition coefficient (Wildman–Crippen LogP) is 0.815. The summed E-state index contributed by atoms with van der Waals surface area (Å²) in [4.78, 5) is 11.2. The van der Waals surface area contributed by atoms with Gasteiger partial charge >= 0.3 is 5.97 Å². The first-order valence-corrected chi connectivity index (χ1v) is 4.83. The zero-order valence-corrected chi connectivity index (χ0v) is 9.27. The minimum absolute atomic E-state index is 0.155. The van der Waals surface area contributed by atoms with E-state index in [9.17, 15) is 4.79 Å². The maximum atomic E-state index is 11.2. The molecule has 1 aromatic rings. The quantitative estimate of drug-likeness (QED) is 0.585. The molecule has 0 amide bonds. The van der Waals surface area contributed by atoms with Crippen LogP contribution >= 0.6 is 0 Å². The number of aliphatic hydroxyl groups is 1. The Balaban J connectivity index is 2.79. The van der Waals surface area contributed by atoms with Crippen LogP contribution in [0.1, 0.15) is 17.3 Å². The van der Waals surface area contributed by atoms with Gasteiger partial charge in [0, 0.05) is 0 Å². The molecule has 0 aliphatic carbocycles. The summed E-state index contributed by atoms with van der Waals surface area (Å²) in [7, 11) is 1.30. The molecule has 5 heteroatoms. The van der Waals surface area contributed by atoms with Crippen molar-refractivity contribution in [2.75, 3.05) is 19.5 Å². The van der Waals surface area contributed by atoms with Gasteiger partial charge in [-0.25, -0.2) is 4.79 Å². The molecule has 0 aromatic heterocycles. The van der Waals surface area contributed by atoms with Crippen LogP contribution in [0.5, 0.6) is 5.75 Å². The first-order chi connectivity index (χ1) is 7.54. The molecular formula is C11H15NO4. The number of benzene rings is 1. The Morgan fingerprint density at radius 2 is 2.25 bits per heavy atom. The van der Waals surface area contributed by atoms with Crippen molar-refractivity contribution in [3.8, 4) is 5.75 Å². The lowest BCUT2D eigenvalue weighted by Gasteiger charge is -2.11. The van der Waals surface area contributed by atoms with Crippen LogP contribution in [0.25, 0.3) is 0 Å². The van der Waals surface area contributed by atoms with Gasteiger partial charge in [0.25, 0.3) is 0 Å². The van der Waals surface area contributed by atoms with Crippen LogP contribution in [0.15, 0.2) is 18.2 Å². The Bertz CT molecular complexity index is 376. The third-order valence-corrected chi connectivity index (χ3v) is 1.91. The van der Waals surface area contributed by atoms with Crippen LogP contribution in [-0.2, 0) is 4.74 Å². The molecule has 0 bridgehead atoms. The molecular weight excluding hydrogens is 210 g/mol. The fraction of sp³-hybridized carbons (Fsp3) is 0.364. The normalized spacial score (nSPS) is 11.9. The summed E-state index contributed by atoms with van der Waals surface area (Å²) in [6, 6.07) is 4.60. The highest BCUT2D eigenvalue weighted by molar-refractivity contribution is 5.90. The Kier molecular flexibility index (Phi) is 4.13. The largest absolute Gasteiger partial charge is 0.489 e. The second kappa shape index (κ2) is 5.37. The van der Waals surface area contributed by atoms with E-state index in [1.165, 1.54) is 13.2 Å². The number of methoxy groups -OCH3 is 1. The molecule has 3 N–H and O–H groups in total. The van der Waals surface area contributed by atoms with E-state index in [1.807, 2.05) is 0 Å². The first kappa shape index (κ1) is 12.3. The standard InChI is InChI=1S/C11H15NO4/c1-7(13)6-16-10-4-3-8(5-9(10)12)11(14)15-2/h3-5,7,13H,6,12H2,1-2H3. The monoisotopic (exact) mass is 225 g/mol. The molecule has 0 heterocycles. The van der Waals surface area contributed by atoms with Gasteiger partial charge in [0.2, 0.25) is 0 Å². The number of nitrogens with two attached hydrogens (primary N) is 1. The Hall–Kier alpha value is -1.75. The van der Waals surface area contributed by atoms with Gasteiger partial charge in [-0.2, -0.15) is 0 Å². The zero-order chi connectivity index (χ0) is 12.1. The van der Waals surface area contributed by atoms with Crippen molar-refractivity contribution in [2.45, 2.75) is 13.0 Å². The zero-order valence-electron chi connectivity index (χ0n) is 9.27. The van der Waals surface area contributed by atoms with Gasteiger partial charge in [-0.15, -0.1) is 0 Å². The molecule has 1 atom stereocenters. The minimum Gasteiger partial charge on any atom is -0.489 e. The topological polar surface area (TPSA) is 81.8 Å². The van der Waals surface area contributed by atoms with E-state index in [0.717, 1.165) is 0 Å². The van der Waals surface area contributed by atoms with E-state index in [4.69, 9.17) is 15.6 Å². The van der Waals surface area contributed by atoms with Gasteiger partial charge in [-0.1, -0.05) is 0 Å². The summed E-state index contributed by atoms with van der Waals surface area (Å²) in [5, 5.41) is 9.05. The number of anilines is 1. The maximum absolute atomic E-state index is 11.2. The maximum Gasteiger partial charge on any atom is 0.337 e. The Morgan fingerprint density at radius 1 is 1.56 bits per heavy atom. The van der Waals surface area contributed by atoms with Crippen molar-refractivity contribution < 1.29 is 19.4 Å². The number of esters is 1. The van der Waals surface area contributed by atoms with Crippen molar-refractivity contribution in [1.82, 2.24) is 0 Å². The lowest BCUT2D eigenvalue weighted by Crippen LogP contribution is -2.13. The molecule has 0 aliphatic heterocycles. The van der Waals surface area contributed by atoms with E-state index in [2.05, 4.69) is 4.74 Å². The highest BCUT2D eigenvalue weighted by Crippen LogP contribution is 2.22. The highest BCUT2D eigenvalue weighted by Gasteiger charge is 2.09. The Morgan fingerprint density at radius 3 is 2.75 bits per heavy atom. The lowest BCUT2D eigenvalue weighted by atomic mass is 10.2. The van der Waals surface area contributed by atoms with Crippen molar-refractivity contribution in [1.29, 1.82) is 0 Å². The van der Waals surface area contributed by atoms with E-state index < -0.39 is 12.1 Å². The van der Waals surface area contributed by atoms with E-state index in [-0.39, 0.29) is 6.61 Å². The smallest absolute Gasteiger partial charge is 0.337 e. The summed E-state index contributed by atoms with van der Waals surface area (Å²) < 4.78 is 9.79. The fourth-order valence-corrected chi connectivity index (χ4v) is 1.14.